The van der Waals surface area contributed by atoms with Crippen molar-refractivity contribution in [3.63, 3.8) is 0 Å². The van der Waals surface area contributed by atoms with Crippen LogP contribution < -0.4 is 24.8 Å². The van der Waals surface area contributed by atoms with Crippen LogP contribution in [0.1, 0.15) is 86.3 Å². The van der Waals surface area contributed by atoms with Gasteiger partial charge in [0.05, 0.1) is 26.7 Å². The van der Waals surface area contributed by atoms with Crippen LogP contribution in [0.3, 0.4) is 0 Å². The van der Waals surface area contributed by atoms with E-state index in [9.17, 15) is 14.4 Å². The highest BCUT2D eigenvalue weighted by molar-refractivity contribution is 6.01. The molecule has 4 atom stereocenters. The maximum atomic E-state index is 14.5. The van der Waals surface area contributed by atoms with Crippen LogP contribution in [0, 0.1) is 11.3 Å². The van der Waals surface area contributed by atoms with Crippen molar-refractivity contribution in [1.82, 2.24) is 5.32 Å². The Morgan fingerprint density at radius 3 is 2.20 bits per heavy atom. The molecule has 0 aliphatic heterocycles. The standard InChI is InChI=1S/C38H46N2O6/c1-23(2)25-14-15-28-27(19-25)30(41)22-33-37(28,3)16-11-17-38(33,4)36(43)40-29(18-24-12-9-8-10-13-24)35(42)39-26-20-31(44-5)34(46-7)32(21-26)45-6/h8-10,12-15,19-21,23,29,33H,11,16-18,22H2,1-7H3,(H,39,42)(H,40,43)/t29-,33+,37+,38+/m0/s1. The summed E-state index contributed by atoms with van der Waals surface area (Å²) in [6, 6.07) is 18.3. The topological polar surface area (TPSA) is 103 Å². The smallest absolute Gasteiger partial charge is 0.247 e. The Labute approximate surface area is 272 Å². The van der Waals surface area contributed by atoms with Crippen LogP contribution in [-0.2, 0) is 21.4 Å². The monoisotopic (exact) mass is 626 g/mol. The molecule has 1 fully saturated rings. The second-order valence-corrected chi connectivity index (χ2v) is 13.4. The molecular formula is C38H46N2O6. The Kier molecular flexibility index (Phi) is 9.47. The number of methoxy groups -OCH3 is 3. The molecule has 2 aliphatic rings. The Balaban J connectivity index is 1.45. The maximum absolute atomic E-state index is 14.5. The third kappa shape index (κ3) is 6.09. The number of Topliss-reactive ketones (excluding diaryl/α,β-unsaturated/α-hetero) is 1. The van der Waals surface area contributed by atoms with E-state index >= 15 is 0 Å². The molecule has 1 saturated carbocycles. The first-order chi connectivity index (χ1) is 21.9. The molecule has 8 heteroatoms. The average molecular weight is 627 g/mol. The summed E-state index contributed by atoms with van der Waals surface area (Å²) in [5, 5.41) is 6.10. The molecule has 2 N–H and O–H groups in total. The molecule has 0 radical (unpaired) electrons. The van der Waals surface area contributed by atoms with Crippen LogP contribution in [0.25, 0.3) is 0 Å². The first-order valence-corrected chi connectivity index (χ1v) is 16.1. The van der Waals surface area contributed by atoms with Crippen LogP contribution in [0.4, 0.5) is 5.69 Å². The van der Waals surface area contributed by atoms with E-state index in [0.29, 0.717) is 48.1 Å². The average Bonchev–Trinajstić information content (AvgIpc) is 3.05. The number of fused-ring (bicyclic) bond motifs is 3. The van der Waals surface area contributed by atoms with E-state index in [4.69, 9.17) is 14.2 Å². The summed E-state index contributed by atoms with van der Waals surface area (Å²) < 4.78 is 16.4. The van der Waals surface area contributed by atoms with Crippen LogP contribution in [0.15, 0.2) is 60.7 Å². The first-order valence-electron chi connectivity index (χ1n) is 16.1. The fourth-order valence-corrected chi connectivity index (χ4v) is 7.63. The first kappa shape index (κ1) is 33.0. The van der Waals surface area contributed by atoms with Crippen molar-refractivity contribution in [2.45, 2.75) is 77.2 Å². The highest BCUT2D eigenvalue weighted by Crippen LogP contribution is 2.57. The number of ether oxygens (including phenoxy) is 3. The lowest BCUT2D eigenvalue weighted by atomic mass is 9.49. The van der Waals surface area contributed by atoms with Crippen molar-refractivity contribution in [3.8, 4) is 17.2 Å². The minimum absolute atomic E-state index is 0.0851. The van der Waals surface area contributed by atoms with Crippen molar-refractivity contribution >= 4 is 23.3 Å². The number of hydrogen-bond acceptors (Lipinski definition) is 6. The fourth-order valence-electron chi connectivity index (χ4n) is 7.63. The van der Waals surface area contributed by atoms with Crippen LogP contribution in [0.2, 0.25) is 0 Å². The number of carbonyl (C=O) groups is 3. The number of hydrogen-bond donors (Lipinski definition) is 2. The third-order valence-electron chi connectivity index (χ3n) is 10.3. The summed E-state index contributed by atoms with van der Waals surface area (Å²) >= 11 is 0. The highest BCUT2D eigenvalue weighted by atomic mass is 16.5. The van der Waals surface area contributed by atoms with Crippen molar-refractivity contribution in [2.75, 3.05) is 26.6 Å². The minimum atomic E-state index is -0.876. The van der Waals surface area contributed by atoms with Gasteiger partial charge in [0.15, 0.2) is 17.3 Å². The van der Waals surface area contributed by atoms with Crippen LogP contribution >= 0.6 is 0 Å². The number of amides is 2. The lowest BCUT2D eigenvalue weighted by Gasteiger charge is -2.54. The molecule has 8 nitrogen and oxygen atoms in total. The van der Waals surface area contributed by atoms with Crippen molar-refractivity contribution < 1.29 is 28.6 Å². The van der Waals surface area contributed by atoms with Gasteiger partial charge in [-0.15, -0.1) is 0 Å². The predicted octanol–water partition coefficient (Wildman–Crippen LogP) is 6.85. The van der Waals surface area contributed by atoms with E-state index in [0.717, 1.165) is 35.1 Å². The largest absolute Gasteiger partial charge is 0.493 e. The number of anilines is 1. The molecule has 0 unspecified atom stereocenters. The van der Waals surface area contributed by atoms with E-state index < -0.39 is 11.5 Å². The summed E-state index contributed by atoms with van der Waals surface area (Å²) in [7, 11) is 4.54. The second-order valence-electron chi connectivity index (χ2n) is 13.4. The molecule has 3 aromatic rings. The zero-order chi connectivity index (χ0) is 33.2. The van der Waals surface area contributed by atoms with E-state index in [-0.39, 0.29) is 28.9 Å². The summed E-state index contributed by atoms with van der Waals surface area (Å²) in [6.07, 6.45) is 2.98. The third-order valence-corrected chi connectivity index (χ3v) is 10.3. The van der Waals surface area contributed by atoms with Crippen molar-refractivity contribution in [2.24, 2.45) is 11.3 Å². The number of ketones is 1. The van der Waals surface area contributed by atoms with Gasteiger partial charge < -0.3 is 24.8 Å². The van der Waals surface area contributed by atoms with E-state index in [1.54, 1.807) is 12.1 Å². The van der Waals surface area contributed by atoms with Gasteiger partial charge in [0.1, 0.15) is 6.04 Å². The molecule has 0 saturated heterocycles. The van der Waals surface area contributed by atoms with E-state index in [1.807, 2.05) is 37.3 Å². The number of carbonyl (C=O) groups excluding carboxylic acids is 3. The van der Waals surface area contributed by atoms with E-state index in [2.05, 4.69) is 49.6 Å². The molecule has 244 valence electrons. The lowest BCUT2D eigenvalue weighted by Crippen LogP contribution is -2.58. The van der Waals surface area contributed by atoms with Gasteiger partial charge >= 0.3 is 0 Å². The lowest BCUT2D eigenvalue weighted by molar-refractivity contribution is -0.140. The Morgan fingerprint density at radius 1 is 0.913 bits per heavy atom. The van der Waals surface area contributed by atoms with Gasteiger partial charge in [-0.05, 0) is 52.8 Å². The molecule has 5 rings (SSSR count). The molecule has 2 aliphatic carbocycles. The predicted molar refractivity (Wildman–Crippen MR) is 179 cm³/mol. The van der Waals surface area contributed by atoms with Gasteiger partial charge in [0.25, 0.3) is 0 Å². The normalized spacial score (nSPS) is 22.7. The van der Waals surface area contributed by atoms with E-state index in [1.165, 1.54) is 21.3 Å². The quantitative estimate of drug-likeness (QED) is 0.255. The molecule has 46 heavy (non-hydrogen) atoms. The molecule has 3 aromatic carbocycles. The highest BCUT2D eigenvalue weighted by Gasteiger charge is 2.57. The Morgan fingerprint density at radius 2 is 1.59 bits per heavy atom. The van der Waals surface area contributed by atoms with Crippen molar-refractivity contribution in [1.29, 1.82) is 0 Å². The zero-order valence-corrected chi connectivity index (χ0v) is 28.0. The summed E-state index contributed by atoms with van der Waals surface area (Å²) in [6.45, 7) is 8.44. The molecule has 0 aromatic heterocycles. The maximum Gasteiger partial charge on any atom is 0.247 e. The summed E-state index contributed by atoms with van der Waals surface area (Å²) in [5.41, 5.74) is 3.15. The zero-order valence-electron chi connectivity index (χ0n) is 28.0. The fraction of sp³-hybridized carbons (Fsp3) is 0.447. The minimum Gasteiger partial charge on any atom is -0.493 e. The molecule has 0 spiro atoms. The van der Waals surface area contributed by atoms with Gasteiger partial charge in [-0.2, -0.15) is 0 Å². The molecule has 2 amide bonds. The molecular weight excluding hydrogens is 580 g/mol. The second kappa shape index (κ2) is 13.2. The SMILES string of the molecule is COc1cc(NC(=O)[C@H](Cc2ccccc2)NC(=O)[C@]2(C)CCC[C@]3(C)c4ccc(C(C)C)cc4C(=O)C[C@@H]23)cc(OC)c1OC. The Hall–Kier alpha value is -4.33. The summed E-state index contributed by atoms with van der Waals surface area (Å²) in [4.78, 5) is 42.1. The number of nitrogens with one attached hydrogen (secondary N) is 2. The van der Waals surface area contributed by atoms with Gasteiger partial charge in [-0.1, -0.05) is 76.6 Å². The van der Waals surface area contributed by atoms with Crippen LogP contribution in [0.5, 0.6) is 17.2 Å². The van der Waals surface area contributed by atoms with Gasteiger partial charge in [0, 0.05) is 36.2 Å². The van der Waals surface area contributed by atoms with Gasteiger partial charge in [-0.25, -0.2) is 0 Å². The molecule has 0 bridgehead atoms. The molecule has 0 heterocycles. The summed E-state index contributed by atoms with van der Waals surface area (Å²) in [5.74, 6) is 0.832. The van der Waals surface area contributed by atoms with Crippen LogP contribution in [-0.4, -0.2) is 45.0 Å². The number of benzene rings is 3. The number of rotatable bonds is 10. The van der Waals surface area contributed by atoms with Gasteiger partial charge in [0.2, 0.25) is 17.6 Å². The van der Waals surface area contributed by atoms with Crippen molar-refractivity contribution in [3.05, 3.63) is 82.9 Å². The van der Waals surface area contributed by atoms with Gasteiger partial charge in [-0.3, -0.25) is 14.4 Å². The Bertz CT molecular complexity index is 1590.